The molecular weight excluding hydrogens is 403 g/mol. The van der Waals surface area contributed by atoms with Crippen LogP contribution < -0.4 is 20.5 Å². The first-order valence-corrected chi connectivity index (χ1v) is 8.20. The molecule has 2 rings (SSSR count). The van der Waals surface area contributed by atoms with E-state index < -0.39 is 30.5 Å². The maximum absolute atomic E-state index is 12.4. The van der Waals surface area contributed by atoms with Gasteiger partial charge in [0.15, 0.2) is 6.61 Å². The minimum atomic E-state index is -4.54. The monoisotopic (exact) mass is 417 g/mol. The molecule has 1 aromatic carbocycles. The van der Waals surface area contributed by atoms with Crippen LogP contribution in [0.2, 0.25) is 5.02 Å². The van der Waals surface area contributed by atoms with Gasteiger partial charge in [0.2, 0.25) is 11.8 Å². The molecule has 0 aliphatic heterocycles. The zero-order valence-corrected chi connectivity index (χ0v) is 15.0. The van der Waals surface area contributed by atoms with E-state index in [4.69, 9.17) is 22.1 Å². The van der Waals surface area contributed by atoms with Gasteiger partial charge in [-0.1, -0.05) is 23.7 Å². The third kappa shape index (κ3) is 6.62. The van der Waals surface area contributed by atoms with Crippen molar-refractivity contribution in [2.45, 2.75) is 12.6 Å². The molecule has 1 aromatic heterocycles. The Morgan fingerprint density at radius 2 is 1.93 bits per heavy atom. The van der Waals surface area contributed by atoms with Gasteiger partial charge in [-0.15, -0.1) is 0 Å². The van der Waals surface area contributed by atoms with Crippen LogP contribution in [-0.2, 0) is 4.79 Å². The lowest BCUT2D eigenvalue weighted by Gasteiger charge is -2.13. The fourth-order valence-electron chi connectivity index (χ4n) is 1.96. The molecule has 11 heteroatoms. The zero-order chi connectivity index (χ0) is 20.7. The Hall–Kier alpha value is -3.01. The number of nitrogens with zero attached hydrogens (tertiary/aromatic N) is 1. The first kappa shape index (κ1) is 21.3. The summed E-state index contributed by atoms with van der Waals surface area (Å²) in [5, 5.41) is 2.32. The van der Waals surface area contributed by atoms with E-state index in [2.05, 4.69) is 15.0 Å². The molecule has 28 heavy (non-hydrogen) atoms. The Morgan fingerprint density at radius 1 is 1.21 bits per heavy atom. The van der Waals surface area contributed by atoms with Crippen LogP contribution in [0.4, 0.5) is 18.9 Å². The minimum Gasteiger partial charge on any atom is -0.491 e. The van der Waals surface area contributed by atoms with Crippen LogP contribution in [-0.4, -0.2) is 36.2 Å². The van der Waals surface area contributed by atoms with Gasteiger partial charge in [0.25, 0.3) is 5.91 Å². The zero-order valence-electron chi connectivity index (χ0n) is 14.3. The molecule has 1 heterocycles. The standard InChI is InChI=1S/C17H15ClF3N3O4/c18-11-7-10(8-23-16(11)28-9-17(19,20)21)15(26)24-12-3-1-2-4-13(12)27-6-5-14(22)25/h1-4,7-8H,5-6,9H2,(H2,22,25)(H,24,26). The number of ether oxygens (including phenoxy) is 2. The summed E-state index contributed by atoms with van der Waals surface area (Å²) in [7, 11) is 0. The second-order valence-electron chi connectivity index (χ2n) is 5.43. The molecule has 0 saturated carbocycles. The number of pyridine rings is 1. The van der Waals surface area contributed by atoms with Gasteiger partial charge in [0, 0.05) is 6.20 Å². The van der Waals surface area contributed by atoms with E-state index >= 15 is 0 Å². The molecular formula is C17H15ClF3N3O4. The van der Waals surface area contributed by atoms with E-state index in [0.29, 0.717) is 11.4 Å². The number of anilines is 1. The van der Waals surface area contributed by atoms with Crippen LogP contribution >= 0.6 is 11.6 Å². The molecule has 0 aliphatic rings. The summed E-state index contributed by atoms with van der Waals surface area (Å²) in [5.41, 5.74) is 5.35. The van der Waals surface area contributed by atoms with Crippen LogP contribution in [0.5, 0.6) is 11.6 Å². The van der Waals surface area contributed by atoms with Crippen molar-refractivity contribution in [2.24, 2.45) is 5.73 Å². The number of alkyl halides is 3. The first-order chi connectivity index (χ1) is 13.2. The van der Waals surface area contributed by atoms with Crippen molar-refractivity contribution >= 4 is 29.1 Å². The van der Waals surface area contributed by atoms with Gasteiger partial charge in [0.1, 0.15) is 10.8 Å². The fraction of sp³-hybridized carbons (Fsp3) is 0.235. The minimum absolute atomic E-state index is 0.00119. The van der Waals surface area contributed by atoms with Crippen LogP contribution in [0.3, 0.4) is 0 Å². The van der Waals surface area contributed by atoms with Crippen molar-refractivity contribution in [1.82, 2.24) is 4.98 Å². The van der Waals surface area contributed by atoms with Crippen molar-refractivity contribution < 1.29 is 32.2 Å². The van der Waals surface area contributed by atoms with E-state index in [-0.39, 0.29) is 23.6 Å². The lowest BCUT2D eigenvalue weighted by atomic mass is 10.2. The highest BCUT2D eigenvalue weighted by atomic mass is 35.5. The normalized spacial score (nSPS) is 11.0. The van der Waals surface area contributed by atoms with Crippen molar-refractivity contribution in [1.29, 1.82) is 0 Å². The Morgan fingerprint density at radius 3 is 2.57 bits per heavy atom. The van der Waals surface area contributed by atoms with Crippen molar-refractivity contribution in [3.63, 3.8) is 0 Å². The summed E-state index contributed by atoms with van der Waals surface area (Å²) < 4.78 is 46.5. The maximum Gasteiger partial charge on any atom is 0.422 e. The third-order valence-electron chi connectivity index (χ3n) is 3.18. The number of benzene rings is 1. The number of nitrogens with one attached hydrogen (secondary N) is 1. The van der Waals surface area contributed by atoms with Crippen LogP contribution in [0, 0.1) is 0 Å². The summed E-state index contributed by atoms with van der Waals surface area (Å²) in [6, 6.07) is 7.59. The SMILES string of the molecule is NC(=O)CCOc1ccccc1NC(=O)c1cnc(OCC(F)(F)F)c(Cl)c1. The quantitative estimate of drug-likeness (QED) is 0.686. The molecule has 7 nitrogen and oxygen atoms in total. The predicted octanol–water partition coefficient (Wildman–Crippen LogP) is 3.18. The van der Waals surface area contributed by atoms with Gasteiger partial charge in [-0.05, 0) is 18.2 Å². The molecule has 2 aromatic rings. The smallest absolute Gasteiger partial charge is 0.422 e. The van der Waals surface area contributed by atoms with Crippen LogP contribution in [0.1, 0.15) is 16.8 Å². The van der Waals surface area contributed by atoms with Crippen LogP contribution in [0.15, 0.2) is 36.5 Å². The summed E-state index contributed by atoms with van der Waals surface area (Å²) >= 11 is 5.83. The molecule has 2 amide bonds. The van der Waals surface area contributed by atoms with E-state index in [1.54, 1.807) is 24.3 Å². The van der Waals surface area contributed by atoms with Gasteiger partial charge in [-0.2, -0.15) is 13.2 Å². The summed E-state index contributed by atoms with van der Waals surface area (Å²) in [4.78, 5) is 26.8. The predicted molar refractivity (Wildman–Crippen MR) is 94.5 cm³/mol. The second-order valence-corrected chi connectivity index (χ2v) is 5.84. The van der Waals surface area contributed by atoms with E-state index in [9.17, 15) is 22.8 Å². The summed E-state index contributed by atoms with van der Waals surface area (Å²) in [6.07, 6.45) is -3.51. The number of hydrogen-bond acceptors (Lipinski definition) is 5. The number of nitrogens with two attached hydrogens (primary N) is 1. The van der Waals surface area contributed by atoms with Gasteiger partial charge >= 0.3 is 6.18 Å². The Bertz CT molecular complexity index is 862. The second kappa shape index (κ2) is 9.27. The Labute approximate surface area is 162 Å². The molecule has 0 saturated heterocycles. The molecule has 3 N–H and O–H groups in total. The molecule has 0 bridgehead atoms. The molecule has 0 spiro atoms. The van der Waals surface area contributed by atoms with Crippen molar-refractivity contribution in [3.8, 4) is 11.6 Å². The first-order valence-electron chi connectivity index (χ1n) is 7.82. The summed E-state index contributed by atoms with van der Waals surface area (Å²) in [6.45, 7) is -1.53. The van der Waals surface area contributed by atoms with Crippen molar-refractivity contribution in [2.75, 3.05) is 18.5 Å². The fourth-order valence-corrected chi connectivity index (χ4v) is 2.18. The molecule has 150 valence electrons. The molecule has 0 unspecified atom stereocenters. The van der Waals surface area contributed by atoms with Crippen molar-refractivity contribution in [3.05, 3.63) is 47.1 Å². The number of carbonyl (C=O) groups is 2. The van der Waals surface area contributed by atoms with E-state index in [1.807, 2.05) is 0 Å². The average Bonchev–Trinajstić information content (AvgIpc) is 2.61. The van der Waals surface area contributed by atoms with Gasteiger partial charge in [-0.3, -0.25) is 9.59 Å². The molecule has 0 atom stereocenters. The number of rotatable bonds is 8. The Balaban J connectivity index is 2.07. The largest absolute Gasteiger partial charge is 0.491 e. The molecule has 0 aliphatic carbocycles. The highest BCUT2D eigenvalue weighted by Crippen LogP contribution is 2.27. The number of aromatic nitrogens is 1. The highest BCUT2D eigenvalue weighted by Gasteiger charge is 2.29. The van der Waals surface area contributed by atoms with Gasteiger partial charge < -0.3 is 20.5 Å². The number of hydrogen-bond donors (Lipinski definition) is 2. The van der Waals surface area contributed by atoms with Gasteiger partial charge in [0.05, 0.1) is 24.3 Å². The van der Waals surface area contributed by atoms with E-state index in [1.165, 1.54) is 0 Å². The topological polar surface area (TPSA) is 104 Å². The molecule has 0 radical (unpaired) electrons. The van der Waals surface area contributed by atoms with Crippen LogP contribution in [0.25, 0.3) is 0 Å². The number of carbonyl (C=O) groups excluding carboxylic acids is 2. The Kier molecular flexibility index (Phi) is 7.05. The summed E-state index contributed by atoms with van der Waals surface area (Å²) in [5.74, 6) is -1.29. The lowest BCUT2D eigenvalue weighted by Crippen LogP contribution is -2.20. The average molecular weight is 418 g/mol. The maximum atomic E-state index is 12.4. The number of halogens is 4. The highest BCUT2D eigenvalue weighted by molar-refractivity contribution is 6.32. The molecule has 0 fully saturated rings. The number of amides is 2. The van der Waals surface area contributed by atoms with E-state index in [0.717, 1.165) is 12.3 Å². The number of primary amides is 1. The lowest BCUT2D eigenvalue weighted by molar-refractivity contribution is -0.154. The third-order valence-corrected chi connectivity index (χ3v) is 3.45. The number of para-hydroxylation sites is 2. The van der Waals surface area contributed by atoms with Gasteiger partial charge in [-0.25, -0.2) is 4.98 Å².